The molecule has 0 aromatic heterocycles. The zero-order valence-corrected chi connectivity index (χ0v) is 11.8. The first-order valence-corrected chi connectivity index (χ1v) is 6.38. The van der Waals surface area contributed by atoms with Crippen LogP contribution in [0.3, 0.4) is 0 Å². The molecular formula is C16H14N2O3. The number of non-ortho nitro benzene ring substituents is 1. The SMILES string of the molecule is Cc1cc(C#N)ccc1COc1cc([N+](=O)[O-])ccc1C. The average Bonchev–Trinajstić information content (AvgIpc) is 2.47. The van der Waals surface area contributed by atoms with Crippen molar-refractivity contribution >= 4 is 5.69 Å². The van der Waals surface area contributed by atoms with Gasteiger partial charge >= 0.3 is 0 Å². The summed E-state index contributed by atoms with van der Waals surface area (Å²) in [6.45, 7) is 4.05. The second-order valence-electron chi connectivity index (χ2n) is 4.75. The predicted molar refractivity (Wildman–Crippen MR) is 78.1 cm³/mol. The molecule has 5 heteroatoms. The summed E-state index contributed by atoms with van der Waals surface area (Å²) in [6, 6.07) is 12.0. The van der Waals surface area contributed by atoms with Crippen LogP contribution in [0.5, 0.6) is 5.75 Å². The Morgan fingerprint density at radius 2 is 1.95 bits per heavy atom. The van der Waals surface area contributed by atoms with Crippen molar-refractivity contribution in [1.82, 2.24) is 0 Å². The number of nitrogens with zero attached hydrogens (tertiary/aromatic N) is 2. The van der Waals surface area contributed by atoms with Crippen molar-refractivity contribution in [2.75, 3.05) is 0 Å². The molecule has 0 aliphatic heterocycles. The summed E-state index contributed by atoms with van der Waals surface area (Å²) in [5, 5.41) is 19.6. The van der Waals surface area contributed by atoms with Gasteiger partial charge in [0.1, 0.15) is 12.4 Å². The Morgan fingerprint density at radius 1 is 1.19 bits per heavy atom. The monoisotopic (exact) mass is 282 g/mol. The third-order valence-electron chi connectivity index (χ3n) is 3.24. The van der Waals surface area contributed by atoms with Crippen molar-refractivity contribution in [3.8, 4) is 11.8 Å². The highest BCUT2D eigenvalue weighted by Crippen LogP contribution is 2.25. The van der Waals surface area contributed by atoms with E-state index in [9.17, 15) is 10.1 Å². The van der Waals surface area contributed by atoms with Gasteiger partial charge in [-0.25, -0.2) is 0 Å². The van der Waals surface area contributed by atoms with E-state index in [1.54, 1.807) is 18.2 Å². The van der Waals surface area contributed by atoms with E-state index in [0.717, 1.165) is 16.7 Å². The van der Waals surface area contributed by atoms with Crippen LogP contribution >= 0.6 is 0 Å². The van der Waals surface area contributed by atoms with Crippen molar-refractivity contribution in [3.05, 3.63) is 68.8 Å². The topological polar surface area (TPSA) is 76.2 Å². The number of rotatable bonds is 4. The molecule has 0 saturated carbocycles. The Hall–Kier alpha value is -2.87. The molecule has 0 atom stereocenters. The van der Waals surface area contributed by atoms with Crippen LogP contribution < -0.4 is 4.74 Å². The van der Waals surface area contributed by atoms with Crippen LogP contribution in [0.2, 0.25) is 0 Å². The molecule has 0 spiro atoms. The molecule has 0 N–H and O–H groups in total. The molecule has 0 fully saturated rings. The molecule has 2 rings (SSSR count). The van der Waals surface area contributed by atoms with Crippen LogP contribution in [-0.4, -0.2) is 4.92 Å². The lowest BCUT2D eigenvalue weighted by Gasteiger charge is -2.11. The van der Waals surface area contributed by atoms with E-state index < -0.39 is 4.92 Å². The summed E-state index contributed by atoms with van der Waals surface area (Å²) in [6.07, 6.45) is 0. The summed E-state index contributed by atoms with van der Waals surface area (Å²) in [5.74, 6) is 0.493. The minimum atomic E-state index is -0.445. The molecule has 0 heterocycles. The number of aryl methyl sites for hydroxylation is 2. The van der Waals surface area contributed by atoms with Crippen molar-refractivity contribution in [2.45, 2.75) is 20.5 Å². The second-order valence-corrected chi connectivity index (χ2v) is 4.75. The van der Waals surface area contributed by atoms with E-state index in [4.69, 9.17) is 10.00 Å². The van der Waals surface area contributed by atoms with Gasteiger partial charge in [0.25, 0.3) is 5.69 Å². The quantitative estimate of drug-likeness (QED) is 0.633. The van der Waals surface area contributed by atoms with Crippen molar-refractivity contribution < 1.29 is 9.66 Å². The summed E-state index contributed by atoms with van der Waals surface area (Å²) < 4.78 is 5.68. The molecule has 5 nitrogen and oxygen atoms in total. The smallest absolute Gasteiger partial charge is 0.273 e. The third kappa shape index (κ3) is 3.37. The Morgan fingerprint density at radius 3 is 2.57 bits per heavy atom. The fourth-order valence-electron chi connectivity index (χ4n) is 1.94. The lowest BCUT2D eigenvalue weighted by molar-refractivity contribution is -0.385. The highest BCUT2D eigenvalue weighted by Gasteiger charge is 2.10. The van der Waals surface area contributed by atoms with E-state index in [1.165, 1.54) is 12.1 Å². The lowest BCUT2D eigenvalue weighted by atomic mass is 10.1. The lowest BCUT2D eigenvalue weighted by Crippen LogP contribution is -2.00. The molecule has 0 radical (unpaired) electrons. The van der Waals surface area contributed by atoms with Crippen LogP contribution in [-0.2, 0) is 6.61 Å². The fourth-order valence-corrected chi connectivity index (χ4v) is 1.94. The maximum Gasteiger partial charge on any atom is 0.273 e. The molecule has 0 aliphatic carbocycles. The molecule has 21 heavy (non-hydrogen) atoms. The number of nitro benzene ring substituents is 1. The Balaban J connectivity index is 2.18. The summed E-state index contributed by atoms with van der Waals surface area (Å²) in [5.41, 5.74) is 3.35. The van der Waals surface area contributed by atoms with Crippen LogP contribution in [0.4, 0.5) is 5.69 Å². The van der Waals surface area contributed by atoms with Crippen LogP contribution in [0, 0.1) is 35.3 Å². The standard InChI is InChI=1S/C16H14N2O3/c1-11-3-6-15(18(19)20)8-16(11)21-10-14-5-4-13(9-17)7-12(14)2/h3-8H,10H2,1-2H3. The molecule has 0 saturated heterocycles. The van der Waals surface area contributed by atoms with Gasteiger partial charge in [-0.3, -0.25) is 10.1 Å². The van der Waals surface area contributed by atoms with Gasteiger partial charge in [-0.1, -0.05) is 6.07 Å². The number of benzene rings is 2. The van der Waals surface area contributed by atoms with Crippen molar-refractivity contribution in [1.29, 1.82) is 5.26 Å². The zero-order valence-electron chi connectivity index (χ0n) is 11.8. The largest absolute Gasteiger partial charge is 0.488 e. The fraction of sp³-hybridized carbons (Fsp3) is 0.188. The van der Waals surface area contributed by atoms with Gasteiger partial charge in [-0.15, -0.1) is 0 Å². The number of ether oxygens (including phenoxy) is 1. The van der Waals surface area contributed by atoms with Crippen LogP contribution in [0.15, 0.2) is 36.4 Å². The van der Waals surface area contributed by atoms with E-state index in [-0.39, 0.29) is 5.69 Å². The first kappa shape index (κ1) is 14.5. The normalized spacial score (nSPS) is 9.95. The number of hydrogen-bond donors (Lipinski definition) is 0. The highest BCUT2D eigenvalue weighted by molar-refractivity contribution is 5.44. The molecule has 0 aliphatic rings. The van der Waals surface area contributed by atoms with Crippen LogP contribution in [0.1, 0.15) is 22.3 Å². The van der Waals surface area contributed by atoms with Crippen molar-refractivity contribution in [2.24, 2.45) is 0 Å². The Kier molecular flexibility index (Phi) is 4.19. The van der Waals surface area contributed by atoms with Gasteiger partial charge in [-0.2, -0.15) is 5.26 Å². The summed E-state index contributed by atoms with van der Waals surface area (Å²) in [7, 11) is 0. The van der Waals surface area contributed by atoms with E-state index in [0.29, 0.717) is 17.9 Å². The molecular weight excluding hydrogens is 268 g/mol. The Bertz CT molecular complexity index is 733. The van der Waals surface area contributed by atoms with E-state index in [1.807, 2.05) is 19.9 Å². The summed E-state index contributed by atoms with van der Waals surface area (Å²) in [4.78, 5) is 10.3. The number of nitriles is 1. The van der Waals surface area contributed by atoms with Gasteiger partial charge < -0.3 is 4.74 Å². The van der Waals surface area contributed by atoms with Crippen LogP contribution in [0.25, 0.3) is 0 Å². The highest BCUT2D eigenvalue weighted by atomic mass is 16.6. The van der Waals surface area contributed by atoms with Gasteiger partial charge in [0.2, 0.25) is 0 Å². The average molecular weight is 282 g/mol. The zero-order chi connectivity index (χ0) is 15.4. The van der Waals surface area contributed by atoms with Gasteiger partial charge in [-0.05, 0) is 48.7 Å². The van der Waals surface area contributed by atoms with E-state index >= 15 is 0 Å². The van der Waals surface area contributed by atoms with Gasteiger partial charge in [0.15, 0.2) is 0 Å². The summed E-state index contributed by atoms with van der Waals surface area (Å²) >= 11 is 0. The molecule has 0 unspecified atom stereocenters. The predicted octanol–water partition coefficient (Wildman–Crippen LogP) is 3.66. The van der Waals surface area contributed by atoms with Gasteiger partial charge in [0.05, 0.1) is 22.6 Å². The molecule has 2 aromatic carbocycles. The second kappa shape index (κ2) is 6.06. The van der Waals surface area contributed by atoms with Gasteiger partial charge in [0, 0.05) is 6.07 Å². The minimum Gasteiger partial charge on any atom is -0.488 e. The number of nitro groups is 1. The van der Waals surface area contributed by atoms with Crippen molar-refractivity contribution in [3.63, 3.8) is 0 Å². The first-order chi connectivity index (χ1) is 10.0. The maximum absolute atomic E-state index is 10.8. The molecule has 106 valence electrons. The molecule has 0 bridgehead atoms. The van der Waals surface area contributed by atoms with E-state index in [2.05, 4.69) is 6.07 Å². The third-order valence-corrected chi connectivity index (χ3v) is 3.24. The minimum absolute atomic E-state index is 0.00662. The molecule has 2 aromatic rings. The maximum atomic E-state index is 10.8. The Labute approximate surface area is 122 Å². The number of hydrogen-bond acceptors (Lipinski definition) is 4. The molecule has 0 amide bonds. The first-order valence-electron chi connectivity index (χ1n) is 6.38.